The van der Waals surface area contributed by atoms with E-state index in [9.17, 15) is 0 Å². The summed E-state index contributed by atoms with van der Waals surface area (Å²) in [5.41, 5.74) is 3.19. The van der Waals surface area contributed by atoms with Crippen molar-refractivity contribution < 1.29 is 0 Å². The Balaban J connectivity index is 2.36. The molecule has 0 radical (unpaired) electrons. The summed E-state index contributed by atoms with van der Waals surface area (Å²) in [6.07, 6.45) is 3.84. The van der Waals surface area contributed by atoms with Crippen LogP contribution in [0.25, 0.3) is 0 Å². The molecule has 0 aliphatic carbocycles. The SMILES string of the molecule is Cc1ccccc1C1(CC(C)C)CCCN1. The average molecular weight is 217 g/mol. The molecule has 1 heteroatoms. The predicted molar refractivity (Wildman–Crippen MR) is 69.5 cm³/mol. The van der Waals surface area contributed by atoms with E-state index in [-0.39, 0.29) is 5.54 Å². The molecule has 1 nitrogen and oxygen atoms in total. The molecule has 16 heavy (non-hydrogen) atoms. The third-order valence-electron chi connectivity index (χ3n) is 3.66. The second kappa shape index (κ2) is 4.58. The van der Waals surface area contributed by atoms with E-state index in [1.165, 1.54) is 36.9 Å². The van der Waals surface area contributed by atoms with Gasteiger partial charge in [0.25, 0.3) is 0 Å². The van der Waals surface area contributed by atoms with Gasteiger partial charge in [0.05, 0.1) is 0 Å². The molecule has 1 atom stereocenters. The summed E-state index contributed by atoms with van der Waals surface area (Å²) >= 11 is 0. The van der Waals surface area contributed by atoms with Crippen LogP contribution in [0.1, 0.15) is 44.2 Å². The second-order valence-corrected chi connectivity index (χ2v) is 5.53. The fraction of sp³-hybridized carbons (Fsp3) is 0.600. The lowest BCUT2D eigenvalue weighted by Gasteiger charge is -2.33. The molecule has 1 fully saturated rings. The van der Waals surface area contributed by atoms with E-state index < -0.39 is 0 Å². The maximum atomic E-state index is 3.76. The number of rotatable bonds is 3. The van der Waals surface area contributed by atoms with Crippen LogP contribution < -0.4 is 5.32 Å². The van der Waals surface area contributed by atoms with Gasteiger partial charge < -0.3 is 5.32 Å². The zero-order chi connectivity index (χ0) is 11.6. The monoisotopic (exact) mass is 217 g/mol. The topological polar surface area (TPSA) is 12.0 Å². The van der Waals surface area contributed by atoms with Gasteiger partial charge in [-0.05, 0) is 49.8 Å². The van der Waals surface area contributed by atoms with Crippen molar-refractivity contribution in [1.29, 1.82) is 0 Å². The molecule has 1 aliphatic rings. The standard InChI is InChI=1S/C15H23N/c1-12(2)11-15(9-6-10-16-15)14-8-5-4-7-13(14)3/h4-5,7-8,12,16H,6,9-11H2,1-3H3. The lowest BCUT2D eigenvalue weighted by atomic mass is 9.79. The summed E-state index contributed by atoms with van der Waals surface area (Å²) in [6, 6.07) is 8.84. The van der Waals surface area contributed by atoms with E-state index >= 15 is 0 Å². The number of hydrogen-bond acceptors (Lipinski definition) is 1. The van der Waals surface area contributed by atoms with Crippen LogP contribution in [0.15, 0.2) is 24.3 Å². The Morgan fingerprint density at radius 1 is 1.31 bits per heavy atom. The molecular formula is C15H23N. The molecule has 1 N–H and O–H groups in total. The van der Waals surface area contributed by atoms with Gasteiger partial charge in [0.15, 0.2) is 0 Å². The summed E-state index contributed by atoms with van der Waals surface area (Å²) in [4.78, 5) is 0. The number of nitrogens with one attached hydrogen (secondary N) is 1. The molecule has 1 unspecified atom stereocenters. The largest absolute Gasteiger partial charge is 0.307 e. The first-order valence-corrected chi connectivity index (χ1v) is 6.45. The molecule has 1 heterocycles. The van der Waals surface area contributed by atoms with E-state index in [0.29, 0.717) is 0 Å². The highest BCUT2D eigenvalue weighted by Crippen LogP contribution is 2.38. The first-order chi connectivity index (χ1) is 7.64. The number of hydrogen-bond donors (Lipinski definition) is 1. The third-order valence-corrected chi connectivity index (χ3v) is 3.66. The van der Waals surface area contributed by atoms with E-state index in [1.807, 2.05) is 0 Å². The Kier molecular flexibility index (Phi) is 3.34. The quantitative estimate of drug-likeness (QED) is 0.815. The maximum Gasteiger partial charge on any atom is 0.0440 e. The average Bonchev–Trinajstić information content (AvgIpc) is 2.67. The van der Waals surface area contributed by atoms with Crippen LogP contribution in [0.5, 0.6) is 0 Å². The zero-order valence-corrected chi connectivity index (χ0v) is 10.7. The molecule has 1 aromatic carbocycles. The predicted octanol–water partition coefficient (Wildman–Crippen LogP) is 3.62. The Morgan fingerprint density at radius 2 is 2.06 bits per heavy atom. The van der Waals surface area contributed by atoms with E-state index in [4.69, 9.17) is 0 Å². The molecule has 88 valence electrons. The van der Waals surface area contributed by atoms with Crippen LogP contribution in [-0.2, 0) is 5.54 Å². The first-order valence-electron chi connectivity index (χ1n) is 6.45. The summed E-state index contributed by atoms with van der Waals surface area (Å²) in [5.74, 6) is 0.741. The Bertz CT molecular complexity index is 348. The lowest BCUT2D eigenvalue weighted by molar-refractivity contribution is 0.309. The highest BCUT2D eigenvalue weighted by atomic mass is 15.0. The highest BCUT2D eigenvalue weighted by molar-refractivity contribution is 5.33. The van der Waals surface area contributed by atoms with Crippen LogP contribution in [0.3, 0.4) is 0 Å². The van der Waals surface area contributed by atoms with E-state index in [1.54, 1.807) is 0 Å². The van der Waals surface area contributed by atoms with Gasteiger partial charge >= 0.3 is 0 Å². The lowest BCUT2D eigenvalue weighted by Crippen LogP contribution is -2.38. The van der Waals surface area contributed by atoms with Crippen LogP contribution in [-0.4, -0.2) is 6.54 Å². The summed E-state index contributed by atoms with van der Waals surface area (Å²) in [5, 5.41) is 3.76. The summed E-state index contributed by atoms with van der Waals surface area (Å²) < 4.78 is 0. The molecule has 1 aromatic rings. The number of benzene rings is 1. The van der Waals surface area contributed by atoms with E-state index in [0.717, 1.165) is 5.92 Å². The van der Waals surface area contributed by atoms with Crippen molar-refractivity contribution in [3.8, 4) is 0 Å². The highest BCUT2D eigenvalue weighted by Gasteiger charge is 2.36. The molecule has 0 bridgehead atoms. The van der Waals surface area contributed by atoms with Crippen molar-refractivity contribution in [2.45, 2.75) is 45.6 Å². The van der Waals surface area contributed by atoms with Crippen molar-refractivity contribution in [1.82, 2.24) is 5.32 Å². The summed E-state index contributed by atoms with van der Waals surface area (Å²) in [7, 11) is 0. The number of aryl methyl sites for hydroxylation is 1. The van der Waals surface area contributed by atoms with Crippen molar-refractivity contribution in [2.24, 2.45) is 5.92 Å². The molecular weight excluding hydrogens is 194 g/mol. The molecule has 1 saturated heterocycles. The van der Waals surface area contributed by atoms with Gasteiger partial charge in [0.1, 0.15) is 0 Å². The molecule has 2 rings (SSSR count). The maximum absolute atomic E-state index is 3.76. The zero-order valence-electron chi connectivity index (χ0n) is 10.7. The third kappa shape index (κ3) is 2.15. The van der Waals surface area contributed by atoms with Gasteiger partial charge in [-0.3, -0.25) is 0 Å². The fourth-order valence-electron chi connectivity index (χ4n) is 3.13. The van der Waals surface area contributed by atoms with Crippen molar-refractivity contribution >= 4 is 0 Å². The van der Waals surface area contributed by atoms with Gasteiger partial charge in [-0.15, -0.1) is 0 Å². The Labute approximate surface area is 99.3 Å². The molecule has 0 saturated carbocycles. The molecule has 0 amide bonds. The minimum Gasteiger partial charge on any atom is -0.307 e. The van der Waals surface area contributed by atoms with Crippen molar-refractivity contribution in [2.75, 3.05) is 6.54 Å². The smallest absolute Gasteiger partial charge is 0.0440 e. The fourth-order valence-corrected chi connectivity index (χ4v) is 3.13. The van der Waals surface area contributed by atoms with Crippen molar-refractivity contribution in [3.63, 3.8) is 0 Å². The van der Waals surface area contributed by atoms with Gasteiger partial charge in [-0.25, -0.2) is 0 Å². The Morgan fingerprint density at radius 3 is 2.62 bits per heavy atom. The van der Waals surface area contributed by atoms with Gasteiger partial charge in [-0.2, -0.15) is 0 Å². The Hall–Kier alpha value is -0.820. The molecule has 0 spiro atoms. The van der Waals surface area contributed by atoms with Gasteiger partial charge in [-0.1, -0.05) is 38.1 Å². The van der Waals surface area contributed by atoms with Crippen LogP contribution >= 0.6 is 0 Å². The van der Waals surface area contributed by atoms with Crippen LogP contribution in [0, 0.1) is 12.8 Å². The molecule has 0 aromatic heterocycles. The normalized spacial score (nSPS) is 25.2. The summed E-state index contributed by atoms with van der Waals surface area (Å²) in [6.45, 7) is 8.04. The van der Waals surface area contributed by atoms with Crippen molar-refractivity contribution in [3.05, 3.63) is 35.4 Å². The minimum absolute atomic E-state index is 0.250. The minimum atomic E-state index is 0.250. The van der Waals surface area contributed by atoms with Gasteiger partial charge in [0, 0.05) is 5.54 Å². The van der Waals surface area contributed by atoms with Crippen LogP contribution in [0.2, 0.25) is 0 Å². The van der Waals surface area contributed by atoms with E-state index in [2.05, 4.69) is 50.4 Å². The first kappa shape index (κ1) is 11.7. The second-order valence-electron chi connectivity index (χ2n) is 5.53. The van der Waals surface area contributed by atoms with Crippen LogP contribution in [0.4, 0.5) is 0 Å². The molecule has 1 aliphatic heterocycles. The van der Waals surface area contributed by atoms with Gasteiger partial charge in [0.2, 0.25) is 0 Å².